The van der Waals surface area contributed by atoms with E-state index in [0.29, 0.717) is 23.4 Å². The lowest BCUT2D eigenvalue weighted by atomic mass is 10.1. The summed E-state index contributed by atoms with van der Waals surface area (Å²) in [5, 5.41) is 3.79. The first-order chi connectivity index (χ1) is 12.5. The molecular weight excluding hydrogens is 348 g/mol. The zero-order valence-corrected chi connectivity index (χ0v) is 15.6. The second-order valence-electron chi connectivity index (χ2n) is 6.53. The Balaban J connectivity index is 1.90. The normalized spacial score (nSPS) is 11.1. The Morgan fingerprint density at radius 2 is 1.88 bits per heavy atom. The quantitative estimate of drug-likeness (QED) is 0.733. The van der Waals surface area contributed by atoms with Crippen LogP contribution in [0, 0.1) is 0 Å². The maximum absolute atomic E-state index is 12.8. The van der Waals surface area contributed by atoms with Crippen LogP contribution in [0.25, 0.3) is 10.9 Å². The van der Waals surface area contributed by atoms with E-state index in [4.69, 9.17) is 11.6 Å². The molecule has 26 heavy (non-hydrogen) atoms. The van der Waals surface area contributed by atoms with Gasteiger partial charge in [-0.25, -0.2) is 0 Å². The number of rotatable bonds is 5. The van der Waals surface area contributed by atoms with Gasteiger partial charge in [0, 0.05) is 29.2 Å². The number of hydrogen-bond donors (Lipinski definition) is 1. The van der Waals surface area contributed by atoms with Crippen molar-refractivity contribution in [3.8, 4) is 0 Å². The number of halogens is 1. The molecule has 1 amide bonds. The number of fused-ring (bicyclic) bond motifs is 1. The molecule has 0 bridgehead atoms. The number of nitrogens with one attached hydrogen (secondary N) is 1. The van der Waals surface area contributed by atoms with Crippen molar-refractivity contribution >= 4 is 28.4 Å². The third-order valence-corrected chi connectivity index (χ3v) is 4.57. The van der Waals surface area contributed by atoms with Gasteiger partial charge in [0.15, 0.2) is 0 Å². The van der Waals surface area contributed by atoms with Gasteiger partial charge in [-0.05, 0) is 44.0 Å². The van der Waals surface area contributed by atoms with Crippen molar-refractivity contribution in [2.24, 2.45) is 0 Å². The summed E-state index contributed by atoms with van der Waals surface area (Å²) in [4.78, 5) is 25.4. The number of benzene rings is 2. The van der Waals surface area contributed by atoms with Gasteiger partial charge in [-0.1, -0.05) is 41.9 Å². The Bertz CT molecular complexity index is 994. The van der Waals surface area contributed by atoms with Crippen molar-refractivity contribution in [3.05, 3.63) is 81.1 Å². The van der Waals surface area contributed by atoms with E-state index in [2.05, 4.69) is 5.32 Å². The lowest BCUT2D eigenvalue weighted by molar-refractivity contribution is 0.0952. The second kappa shape index (κ2) is 7.75. The topological polar surface area (TPSA) is 51.1 Å². The Labute approximate surface area is 157 Å². The van der Waals surface area contributed by atoms with E-state index >= 15 is 0 Å². The molecule has 2 aromatic carbocycles. The summed E-state index contributed by atoms with van der Waals surface area (Å²) in [5.41, 5.74) is 1.76. The van der Waals surface area contributed by atoms with Gasteiger partial charge < -0.3 is 9.88 Å². The average Bonchev–Trinajstić information content (AvgIpc) is 2.63. The molecule has 0 aliphatic rings. The molecule has 0 unspecified atom stereocenters. The van der Waals surface area contributed by atoms with Gasteiger partial charge in [0.2, 0.25) is 5.43 Å². The van der Waals surface area contributed by atoms with Crippen LogP contribution in [0.5, 0.6) is 0 Å². The van der Waals surface area contributed by atoms with E-state index in [-0.39, 0.29) is 22.9 Å². The molecule has 4 nitrogen and oxygen atoms in total. The molecule has 134 valence electrons. The van der Waals surface area contributed by atoms with Gasteiger partial charge in [-0.3, -0.25) is 9.59 Å². The minimum absolute atomic E-state index is 0.107. The molecule has 0 aliphatic heterocycles. The van der Waals surface area contributed by atoms with E-state index in [9.17, 15) is 9.59 Å². The molecule has 0 atom stereocenters. The van der Waals surface area contributed by atoms with Crippen LogP contribution in [-0.4, -0.2) is 17.0 Å². The monoisotopic (exact) mass is 368 g/mol. The fourth-order valence-electron chi connectivity index (χ4n) is 2.98. The Morgan fingerprint density at radius 1 is 1.15 bits per heavy atom. The van der Waals surface area contributed by atoms with E-state index < -0.39 is 0 Å². The predicted molar refractivity (Wildman–Crippen MR) is 106 cm³/mol. The highest BCUT2D eigenvalue weighted by Crippen LogP contribution is 2.20. The molecule has 0 saturated heterocycles. The Morgan fingerprint density at radius 3 is 2.58 bits per heavy atom. The smallest absolute Gasteiger partial charge is 0.256 e. The van der Waals surface area contributed by atoms with E-state index in [0.717, 1.165) is 11.1 Å². The van der Waals surface area contributed by atoms with Crippen LogP contribution < -0.4 is 10.7 Å². The minimum Gasteiger partial charge on any atom is -0.352 e. The summed E-state index contributed by atoms with van der Waals surface area (Å²) in [7, 11) is 0. The molecule has 1 heterocycles. The zero-order chi connectivity index (χ0) is 18.7. The van der Waals surface area contributed by atoms with Gasteiger partial charge in [-0.2, -0.15) is 0 Å². The lowest BCUT2D eigenvalue weighted by Gasteiger charge is -2.17. The molecule has 5 heteroatoms. The van der Waals surface area contributed by atoms with Crippen LogP contribution in [0.2, 0.25) is 5.02 Å². The zero-order valence-electron chi connectivity index (χ0n) is 14.8. The summed E-state index contributed by atoms with van der Waals surface area (Å²) < 4.78 is 1.93. The van der Waals surface area contributed by atoms with E-state index in [1.807, 2.05) is 54.8 Å². The third-order valence-electron chi connectivity index (χ3n) is 4.34. The highest BCUT2D eigenvalue weighted by Gasteiger charge is 2.16. The molecule has 0 saturated carbocycles. The molecule has 0 fully saturated rings. The molecule has 1 N–H and O–H groups in total. The van der Waals surface area contributed by atoms with Gasteiger partial charge in [0.25, 0.3) is 5.91 Å². The third kappa shape index (κ3) is 3.81. The van der Waals surface area contributed by atoms with Gasteiger partial charge in [-0.15, -0.1) is 0 Å². The van der Waals surface area contributed by atoms with Gasteiger partial charge in [0.05, 0.1) is 5.52 Å². The van der Waals surface area contributed by atoms with E-state index in [1.54, 1.807) is 18.3 Å². The van der Waals surface area contributed by atoms with Crippen molar-refractivity contribution < 1.29 is 4.79 Å². The maximum atomic E-state index is 12.8. The number of nitrogens with zero attached hydrogens (tertiary/aromatic N) is 1. The van der Waals surface area contributed by atoms with Gasteiger partial charge >= 0.3 is 0 Å². The van der Waals surface area contributed by atoms with E-state index in [1.165, 1.54) is 0 Å². The SMILES string of the molecule is CC(C)n1cc(C(=O)NCCc2ccccc2)c(=O)c2cc(Cl)ccc21. The highest BCUT2D eigenvalue weighted by molar-refractivity contribution is 6.31. The van der Waals surface area contributed by atoms with Crippen molar-refractivity contribution in [3.63, 3.8) is 0 Å². The number of hydrogen-bond acceptors (Lipinski definition) is 2. The van der Waals surface area contributed by atoms with Crippen LogP contribution in [-0.2, 0) is 6.42 Å². The van der Waals surface area contributed by atoms with Crippen molar-refractivity contribution in [2.45, 2.75) is 26.3 Å². The Kier molecular flexibility index (Phi) is 5.43. The fraction of sp³-hybridized carbons (Fsp3) is 0.238. The number of pyridine rings is 1. The number of carbonyl (C=O) groups excluding carboxylic acids is 1. The predicted octanol–water partition coefficient (Wildman–Crippen LogP) is 4.21. The first-order valence-corrected chi connectivity index (χ1v) is 9.01. The molecule has 0 aliphatic carbocycles. The van der Waals surface area contributed by atoms with Crippen molar-refractivity contribution in [2.75, 3.05) is 6.54 Å². The number of aromatic nitrogens is 1. The average molecular weight is 369 g/mol. The molecule has 3 rings (SSSR count). The molecule has 0 radical (unpaired) electrons. The number of amides is 1. The molecular formula is C21H21ClN2O2. The van der Waals surface area contributed by atoms with Crippen molar-refractivity contribution in [1.29, 1.82) is 0 Å². The summed E-state index contributed by atoms with van der Waals surface area (Å²) in [6, 6.07) is 15.2. The largest absolute Gasteiger partial charge is 0.352 e. The van der Waals surface area contributed by atoms with Crippen molar-refractivity contribution in [1.82, 2.24) is 9.88 Å². The highest BCUT2D eigenvalue weighted by atomic mass is 35.5. The summed E-state index contributed by atoms with van der Waals surface area (Å²) in [6.07, 6.45) is 2.35. The molecule has 1 aromatic heterocycles. The second-order valence-corrected chi connectivity index (χ2v) is 6.96. The summed E-state index contributed by atoms with van der Waals surface area (Å²) in [5.74, 6) is -0.359. The minimum atomic E-state index is -0.359. The molecule has 3 aromatic rings. The van der Waals surface area contributed by atoms with Crippen LogP contribution in [0.15, 0.2) is 59.5 Å². The number of carbonyl (C=O) groups is 1. The van der Waals surface area contributed by atoms with Crippen LogP contribution in [0.3, 0.4) is 0 Å². The Hall–Kier alpha value is -2.59. The van der Waals surface area contributed by atoms with Crippen LogP contribution >= 0.6 is 11.6 Å². The fourth-order valence-corrected chi connectivity index (χ4v) is 3.15. The summed E-state index contributed by atoms with van der Waals surface area (Å²) in [6.45, 7) is 4.49. The first kappa shape index (κ1) is 18.2. The van der Waals surface area contributed by atoms with Crippen LogP contribution in [0.1, 0.15) is 35.8 Å². The van der Waals surface area contributed by atoms with Gasteiger partial charge in [0.1, 0.15) is 5.56 Å². The molecule has 0 spiro atoms. The lowest BCUT2D eigenvalue weighted by Crippen LogP contribution is -2.31. The van der Waals surface area contributed by atoms with Crippen LogP contribution in [0.4, 0.5) is 0 Å². The maximum Gasteiger partial charge on any atom is 0.256 e. The summed E-state index contributed by atoms with van der Waals surface area (Å²) >= 11 is 6.06. The standard InChI is InChI=1S/C21H21ClN2O2/c1-14(2)24-13-18(20(25)17-12-16(22)8-9-19(17)24)21(26)23-11-10-15-6-4-3-5-7-15/h3-9,12-14H,10-11H2,1-2H3,(H,23,26). The first-order valence-electron chi connectivity index (χ1n) is 8.64.